The van der Waals surface area contributed by atoms with E-state index in [-0.39, 0.29) is 11.5 Å². The molecule has 1 heterocycles. The lowest BCUT2D eigenvalue weighted by molar-refractivity contribution is 0.0572. The molecule has 0 spiro atoms. The number of aliphatic hydroxyl groups is 1. The second-order valence-corrected chi connectivity index (χ2v) is 6.07. The minimum Gasteiger partial charge on any atom is -0.393 e. The standard InChI is InChI=1S/C7H14O3S/c1-7(2)5-11(9,10)4-3-6(7)8/h6,8H,3-5H2,1-2H3. The van der Waals surface area contributed by atoms with Crippen LogP contribution in [0.4, 0.5) is 0 Å². The van der Waals surface area contributed by atoms with Gasteiger partial charge in [0, 0.05) is 5.41 Å². The molecule has 0 aromatic carbocycles. The predicted octanol–water partition coefficient (Wildman–Crippen LogP) is 0.192. The van der Waals surface area contributed by atoms with E-state index in [1.165, 1.54) is 0 Å². The quantitative estimate of drug-likeness (QED) is 0.576. The third-order valence-electron chi connectivity index (χ3n) is 2.20. The van der Waals surface area contributed by atoms with Gasteiger partial charge in [-0.1, -0.05) is 13.8 Å². The van der Waals surface area contributed by atoms with Crippen molar-refractivity contribution < 1.29 is 13.5 Å². The topological polar surface area (TPSA) is 54.4 Å². The molecule has 1 rings (SSSR count). The van der Waals surface area contributed by atoms with Gasteiger partial charge in [0.1, 0.15) is 0 Å². The Kier molecular flexibility index (Phi) is 2.01. The first-order valence-electron chi connectivity index (χ1n) is 3.72. The third kappa shape index (κ3) is 1.93. The van der Waals surface area contributed by atoms with Crippen LogP contribution in [-0.2, 0) is 9.84 Å². The van der Waals surface area contributed by atoms with Crippen LogP contribution in [0.2, 0.25) is 0 Å². The molecule has 66 valence electrons. The summed E-state index contributed by atoms with van der Waals surface area (Å²) in [7, 11) is -2.88. The van der Waals surface area contributed by atoms with E-state index in [2.05, 4.69) is 0 Å². The molecule has 1 saturated heterocycles. The SMILES string of the molecule is CC1(C)CS(=O)(=O)CCC1O. The van der Waals surface area contributed by atoms with Crippen LogP contribution in [0.15, 0.2) is 0 Å². The van der Waals surface area contributed by atoms with Crippen molar-refractivity contribution in [2.45, 2.75) is 26.4 Å². The molecule has 1 unspecified atom stereocenters. The van der Waals surface area contributed by atoms with Gasteiger partial charge in [0.25, 0.3) is 0 Å². The maximum Gasteiger partial charge on any atom is 0.151 e. The molecule has 1 aliphatic rings. The lowest BCUT2D eigenvalue weighted by Gasteiger charge is -2.34. The zero-order valence-corrected chi connectivity index (χ0v) is 7.69. The average Bonchev–Trinajstić information content (AvgIpc) is 1.77. The molecule has 0 aromatic heterocycles. The van der Waals surface area contributed by atoms with Gasteiger partial charge in [-0.05, 0) is 6.42 Å². The van der Waals surface area contributed by atoms with Gasteiger partial charge >= 0.3 is 0 Å². The molecule has 0 bridgehead atoms. The Balaban J connectivity index is 2.83. The van der Waals surface area contributed by atoms with Gasteiger partial charge in [-0.15, -0.1) is 0 Å². The maximum atomic E-state index is 11.1. The molecule has 4 heteroatoms. The molecule has 0 aliphatic carbocycles. The third-order valence-corrected chi connectivity index (χ3v) is 4.24. The zero-order chi connectivity index (χ0) is 8.70. The fourth-order valence-corrected chi connectivity index (χ4v) is 3.47. The predicted molar refractivity (Wildman–Crippen MR) is 43.1 cm³/mol. The summed E-state index contributed by atoms with van der Waals surface area (Å²) in [6.45, 7) is 3.57. The molecule has 0 amide bonds. The van der Waals surface area contributed by atoms with Crippen molar-refractivity contribution in [3.63, 3.8) is 0 Å². The highest BCUT2D eigenvalue weighted by Crippen LogP contribution is 2.30. The summed E-state index contributed by atoms with van der Waals surface area (Å²) in [6, 6.07) is 0. The first kappa shape index (κ1) is 9.00. The number of rotatable bonds is 0. The van der Waals surface area contributed by atoms with Crippen LogP contribution in [0.25, 0.3) is 0 Å². The summed E-state index contributed by atoms with van der Waals surface area (Å²) in [5, 5.41) is 9.40. The minimum atomic E-state index is -2.88. The molecule has 3 nitrogen and oxygen atoms in total. The summed E-state index contributed by atoms with van der Waals surface area (Å²) >= 11 is 0. The van der Waals surface area contributed by atoms with Crippen molar-refractivity contribution >= 4 is 9.84 Å². The maximum absolute atomic E-state index is 11.1. The van der Waals surface area contributed by atoms with Crippen molar-refractivity contribution in [3.05, 3.63) is 0 Å². The first-order valence-corrected chi connectivity index (χ1v) is 5.54. The summed E-state index contributed by atoms with van der Waals surface area (Å²) in [5.74, 6) is 0.249. The average molecular weight is 178 g/mol. The Labute approximate surface area is 67.3 Å². The lowest BCUT2D eigenvalue weighted by atomic mass is 9.87. The highest BCUT2D eigenvalue weighted by molar-refractivity contribution is 7.91. The van der Waals surface area contributed by atoms with Crippen LogP contribution < -0.4 is 0 Å². The Bertz CT molecular complexity index is 240. The van der Waals surface area contributed by atoms with Crippen LogP contribution in [0.1, 0.15) is 20.3 Å². The Morgan fingerprint density at radius 3 is 2.36 bits per heavy atom. The van der Waals surface area contributed by atoms with E-state index in [9.17, 15) is 13.5 Å². The molecule has 1 fully saturated rings. The van der Waals surface area contributed by atoms with Crippen LogP contribution in [0.5, 0.6) is 0 Å². The van der Waals surface area contributed by atoms with E-state index in [1.54, 1.807) is 13.8 Å². The number of aliphatic hydroxyl groups excluding tert-OH is 1. The molecule has 1 N–H and O–H groups in total. The Morgan fingerprint density at radius 2 is 2.00 bits per heavy atom. The molecular formula is C7H14O3S. The van der Waals surface area contributed by atoms with Crippen LogP contribution >= 0.6 is 0 Å². The Morgan fingerprint density at radius 1 is 1.45 bits per heavy atom. The Hall–Kier alpha value is -0.0900. The van der Waals surface area contributed by atoms with Crippen LogP contribution in [-0.4, -0.2) is 31.1 Å². The second kappa shape index (κ2) is 2.45. The van der Waals surface area contributed by atoms with Crippen molar-refractivity contribution in [1.82, 2.24) is 0 Å². The number of hydrogen-bond donors (Lipinski definition) is 1. The number of hydrogen-bond acceptors (Lipinski definition) is 3. The first-order chi connectivity index (χ1) is 4.83. The summed E-state index contributed by atoms with van der Waals surface area (Å²) < 4.78 is 22.2. The highest BCUT2D eigenvalue weighted by Gasteiger charge is 2.38. The van der Waals surface area contributed by atoms with Gasteiger partial charge in [0.15, 0.2) is 9.84 Å². The van der Waals surface area contributed by atoms with Gasteiger partial charge in [0.05, 0.1) is 17.6 Å². The zero-order valence-electron chi connectivity index (χ0n) is 6.87. The molecular weight excluding hydrogens is 164 g/mol. The van der Waals surface area contributed by atoms with Crippen molar-refractivity contribution in [3.8, 4) is 0 Å². The van der Waals surface area contributed by atoms with Gasteiger partial charge in [0.2, 0.25) is 0 Å². The van der Waals surface area contributed by atoms with E-state index in [0.717, 1.165) is 0 Å². The smallest absolute Gasteiger partial charge is 0.151 e. The van der Waals surface area contributed by atoms with Gasteiger partial charge in [-0.2, -0.15) is 0 Å². The lowest BCUT2D eigenvalue weighted by Crippen LogP contribution is -2.42. The van der Waals surface area contributed by atoms with Crippen LogP contribution in [0, 0.1) is 5.41 Å². The largest absolute Gasteiger partial charge is 0.393 e. The second-order valence-electron chi connectivity index (χ2n) is 3.89. The van der Waals surface area contributed by atoms with Gasteiger partial charge in [-0.25, -0.2) is 8.42 Å². The van der Waals surface area contributed by atoms with E-state index in [0.29, 0.717) is 6.42 Å². The number of sulfone groups is 1. The molecule has 0 aromatic rings. The summed E-state index contributed by atoms with van der Waals surface area (Å²) in [4.78, 5) is 0. The van der Waals surface area contributed by atoms with E-state index < -0.39 is 21.4 Å². The van der Waals surface area contributed by atoms with E-state index in [4.69, 9.17) is 0 Å². The summed E-state index contributed by atoms with van der Waals surface area (Å²) in [5.41, 5.74) is -0.461. The summed E-state index contributed by atoms with van der Waals surface area (Å²) in [6.07, 6.45) is -0.0824. The molecule has 11 heavy (non-hydrogen) atoms. The van der Waals surface area contributed by atoms with Crippen molar-refractivity contribution in [2.24, 2.45) is 5.41 Å². The van der Waals surface area contributed by atoms with Gasteiger partial charge in [-0.3, -0.25) is 0 Å². The minimum absolute atomic E-state index is 0.112. The highest BCUT2D eigenvalue weighted by atomic mass is 32.2. The molecule has 1 aliphatic heterocycles. The van der Waals surface area contributed by atoms with Crippen molar-refractivity contribution in [1.29, 1.82) is 0 Å². The fraction of sp³-hybridized carbons (Fsp3) is 1.00. The molecule has 1 atom stereocenters. The van der Waals surface area contributed by atoms with Crippen molar-refractivity contribution in [2.75, 3.05) is 11.5 Å². The molecule has 0 radical (unpaired) electrons. The monoisotopic (exact) mass is 178 g/mol. The van der Waals surface area contributed by atoms with Crippen LogP contribution in [0.3, 0.4) is 0 Å². The van der Waals surface area contributed by atoms with E-state index >= 15 is 0 Å². The van der Waals surface area contributed by atoms with Gasteiger partial charge < -0.3 is 5.11 Å². The van der Waals surface area contributed by atoms with E-state index in [1.807, 2.05) is 0 Å². The molecule has 0 saturated carbocycles. The normalized spacial score (nSPS) is 35.0. The fourth-order valence-electron chi connectivity index (χ4n) is 1.42.